The highest BCUT2D eigenvalue weighted by Crippen LogP contribution is 2.20. The summed E-state index contributed by atoms with van der Waals surface area (Å²) in [5.41, 5.74) is 1.03. The number of nitrogens with zero attached hydrogens (tertiary/aromatic N) is 2. The van der Waals surface area contributed by atoms with Crippen LogP contribution in [0.2, 0.25) is 0 Å². The third kappa shape index (κ3) is 3.07. The summed E-state index contributed by atoms with van der Waals surface area (Å²) in [6, 6.07) is 8.87. The Hall–Kier alpha value is -2.43. The summed E-state index contributed by atoms with van der Waals surface area (Å²) in [6.45, 7) is 2.07. The quantitative estimate of drug-likeness (QED) is 0.788. The third-order valence-corrected chi connectivity index (χ3v) is 2.47. The first-order valence-corrected chi connectivity index (χ1v) is 5.89. The lowest BCUT2D eigenvalue weighted by atomic mass is 10.2. The van der Waals surface area contributed by atoms with E-state index in [0.717, 1.165) is 5.56 Å². The molecule has 5 heteroatoms. The normalized spacial score (nSPS) is 10.0. The largest absolute Gasteiger partial charge is 0.497 e. The Labute approximate surface area is 111 Å². The summed E-state index contributed by atoms with van der Waals surface area (Å²) in [7, 11) is 1.59. The number of ether oxygens (including phenoxy) is 2. The van der Waals surface area contributed by atoms with Crippen LogP contribution in [0.3, 0.4) is 0 Å². The van der Waals surface area contributed by atoms with E-state index in [2.05, 4.69) is 9.97 Å². The Balaban J connectivity index is 2.34. The zero-order chi connectivity index (χ0) is 13.7. The van der Waals surface area contributed by atoms with E-state index in [0.29, 0.717) is 18.2 Å². The molecular formula is C14H14N2O3. The van der Waals surface area contributed by atoms with Gasteiger partial charge in [0.15, 0.2) is 11.5 Å². The van der Waals surface area contributed by atoms with Crippen LogP contribution in [0.4, 0.5) is 0 Å². The van der Waals surface area contributed by atoms with Crippen LogP contribution in [0.25, 0.3) is 11.4 Å². The molecule has 19 heavy (non-hydrogen) atoms. The molecule has 0 atom stereocenters. The zero-order valence-electron chi connectivity index (χ0n) is 10.8. The number of hydrogen-bond donors (Lipinski definition) is 0. The van der Waals surface area contributed by atoms with Crippen molar-refractivity contribution in [2.75, 3.05) is 13.7 Å². The molecule has 98 valence electrons. The number of esters is 1. The minimum absolute atomic E-state index is 0.245. The van der Waals surface area contributed by atoms with Gasteiger partial charge in [-0.25, -0.2) is 14.8 Å². The minimum Gasteiger partial charge on any atom is -0.497 e. The Morgan fingerprint density at radius 1 is 1.32 bits per heavy atom. The van der Waals surface area contributed by atoms with Gasteiger partial charge in [-0.2, -0.15) is 0 Å². The van der Waals surface area contributed by atoms with Crippen LogP contribution >= 0.6 is 0 Å². The van der Waals surface area contributed by atoms with E-state index in [9.17, 15) is 4.79 Å². The predicted octanol–water partition coefficient (Wildman–Crippen LogP) is 2.33. The molecule has 0 radical (unpaired) electrons. The van der Waals surface area contributed by atoms with Crippen LogP contribution < -0.4 is 4.74 Å². The highest BCUT2D eigenvalue weighted by atomic mass is 16.5. The summed E-state index contributed by atoms with van der Waals surface area (Å²) in [5.74, 6) is 0.723. The zero-order valence-corrected chi connectivity index (χ0v) is 10.8. The first-order chi connectivity index (χ1) is 9.24. The molecule has 0 aliphatic rings. The lowest BCUT2D eigenvalue weighted by Crippen LogP contribution is -2.08. The van der Waals surface area contributed by atoms with Crippen LogP contribution in [-0.4, -0.2) is 29.7 Å². The molecule has 0 amide bonds. The van der Waals surface area contributed by atoms with Gasteiger partial charge in [-0.3, -0.25) is 0 Å². The summed E-state index contributed by atoms with van der Waals surface area (Å²) >= 11 is 0. The second kappa shape index (κ2) is 5.95. The van der Waals surface area contributed by atoms with E-state index in [1.807, 2.05) is 24.3 Å². The molecule has 0 saturated heterocycles. The number of benzene rings is 1. The maximum atomic E-state index is 11.6. The number of rotatable bonds is 4. The van der Waals surface area contributed by atoms with Crippen molar-refractivity contribution >= 4 is 5.97 Å². The van der Waals surface area contributed by atoms with Crippen LogP contribution in [0, 0.1) is 0 Å². The Bertz CT molecular complexity index is 584. The van der Waals surface area contributed by atoms with Gasteiger partial charge in [-0.15, -0.1) is 0 Å². The third-order valence-electron chi connectivity index (χ3n) is 2.47. The van der Waals surface area contributed by atoms with Gasteiger partial charge >= 0.3 is 5.97 Å². The first-order valence-electron chi connectivity index (χ1n) is 5.89. The second-order valence-corrected chi connectivity index (χ2v) is 3.72. The van der Waals surface area contributed by atoms with Gasteiger partial charge in [0, 0.05) is 11.8 Å². The Kier molecular flexibility index (Phi) is 4.07. The average molecular weight is 258 g/mol. The van der Waals surface area contributed by atoms with Gasteiger partial charge in [0.2, 0.25) is 0 Å². The molecule has 5 nitrogen and oxygen atoms in total. The minimum atomic E-state index is -0.450. The molecule has 2 aromatic rings. The summed E-state index contributed by atoms with van der Waals surface area (Å²) in [5, 5.41) is 0. The highest BCUT2D eigenvalue weighted by Gasteiger charge is 2.10. The molecule has 0 spiro atoms. The summed E-state index contributed by atoms with van der Waals surface area (Å²) < 4.78 is 10.1. The molecule has 0 N–H and O–H groups in total. The van der Waals surface area contributed by atoms with E-state index in [1.165, 1.54) is 12.3 Å². The fourth-order valence-corrected chi connectivity index (χ4v) is 1.58. The van der Waals surface area contributed by atoms with E-state index in [-0.39, 0.29) is 5.69 Å². The maximum absolute atomic E-state index is 11.6. The number of carbonyl (C=O) groups is 1. The van der Waals surface area contributed by atoms with E-state index < -0.39 is 5.97 Å². The number of methoxy groups -OCH3 is 1. The molecule has 0 bridgehead atoms. The van der Waals surface area contributed by atoms with Crippen molar-refractivity contribution < 1.29 is 14.3 Å². The molecule has 0 aliphatic carbocycles. The molecule has 1 heterocycles. The van der Waals surface area contributed by atoms with Crippen LogP contribution in [0.5, 0.6) is 5.75 Å². The van der Waals surface area contributed by atoms with Crippen LogP contribution in [0.1, 0.15) is 17.4 Å². The summed E-state index contributed by atoms with van der Waals surface area (Å²) in [4.78, 5) is 20.0. The molecular weight excluding hydrogens is 244 g/mol. The van der Waals surface area contributed by atoms with Crippen LogP contribution in [-0.2, 0) is 4.74 Å². The number of hydrogen-bond acceptors (Lipinski definition) is 5. The lowest BCUT2D eigenvalue weighted by Gasteiger charge is -2.05. The highest BCUT2D eigenvalue weighted by molar-refractivity contribution is 5.87. The summed E-state index contributed by atoms with van der Waals surface area (Å²) in [6.07, 6.45) is 1.54. The van der Waals surface area contributed by atoms with Gasteiger partial charge in [0.05, 0.1) is 13.7 Å². The smallest absolute Gasteiger partial charge is 0.357 e. The molecule has 0 fully saturated rings. The van der Waals surface area contributed by atoms with Crippen molar-refractivity contribution in [1.82, 2.24) is 9.97 Å². The molecule has 0 saturated carbocycles. The molecule has 1 aromatic heterocycles. The molecule has 2 rings (SSSR count). The van der Waals surface area contributed by atoms with Crippen molar-refractivity contribution in [2.45, 2.75) is 6.92 Å². The number of aromatic nitrogens is 2. The van der Waals surface area contributed by atoms with Crippen molar-refractivity contribution in [3.63, 3.8) is 0 Å². The fraction of sp³-hybridized carbons (Fsp3) is 0.214. The van der Waals surface area contributed by atoms with Crippen molar-refractivity contribution in [2.24, 2.45) is 0 Å². The maximum Gasteiger partial charge on any atom is 0.357 e. The average Bonchev–Trinajstić information content (AvgIpc) is 2.48. The van der Waals surface area contributed by atoms with Gasteiger partial charge in [-0.05, 0) is 25.1 Å². The lowest BCUT2D eigenvalue weighted by molar-refractivity contribution is 0.0519. The van der Waals surface area contributed by atoms with Gasteiger partial charge < -0.3 is 9.47 Å². The van der Waals surface area contributed by atoms with Crippen LogP contribution in [0.15, 0.2) is 36.5 Å². The molecule has 1 aromatic carbocycles. The van der Waals surface area contributed by atoms with E-state index in [1.54, 1.807) is 14.0 Å². The Morgan fingerprint density at radius 2 is 2.16 bits per heavy atom. The van der Waals surface area contributed by atoms with Crippen molar-refractivity contribution in [3.8, 4) is 17.1 Å². The van der Waals surface area contributed by atoms with Gasteiger partial charge in [0.1, 0.15) is 5.75 Å². The standard InChI is InChI=1S/C14H14N2O3/c1-3-19-14(17)12-7-8-15-13(16-12)10-5-4-6-11(9-10)18-2/h4-9H,3H2,1-2H3. The monoisotopic (exact) mass is 258 g/mol. The van der Waals surface area contributed by atoms with Crippen molar-refractivity contribution in [1.29, 1.82) is 0 Å². The first kappa shape index (κ1) is 13.0. The SMILES string of the molecule is CCOC(=O)c1ccnc(-c2cccc(OC)c2)n1. The van der Waals surface area contributed by atoms with E-state index >= 15 is 0 Å². The van der Waals surface area contributed by atoms with Gasteiger partial charge in [0.25, 0.3) is 0 Å². The van der Waals surface area contributed by atoms with Gasteiger partial charge in [-0.1, -0.05) is 12.1 Å². The molecule has 0 aliphatic heterocycles. The molecule has 0 unspecified atom stereocenters. The fourth-order valence-electron chi connectivity index (χ4n) is 1.58. The predicted molar refractivity (Wildman–Crippen MR) is 70.0 cm³/mol. The second-order valence-electron chi connectivity index (χ2n) is 3.72. The van der Waals surface area contributed by atoms with Crippen molar-refractivity contribution in [3.05, 3.63) is 42.2 Å². The number of carbonyl (C=O) groups excluding carboxylic acids is 1. The van der Waals surface area contributed by atoms with E-state index in [4.69, 9.17) is 9.47 Å². The Morgan fingerprint density at radius 3 is 2.89 bits per heavy atom. The topological polar surface area (TPSA) is 61.3 Å².